The van der Waals surface area contributed by atoms with Crippen molar-refractivity contribution in [1.29, 1.82) is 0 Å². The van der Waals surface area contributed by atoms with Gasteiger partial charge in [0.2, 0.25) is 0 Å². The molecule has 0 saturated heterocycles. The topological polar surface area (TPSA) is 37.8 Å². The molecule has 1 N–H and O–H groups in total. The minimum atomic E-state index is 0.130. The van der Waals surface area contributed by atoms with E-state index in [2.05, 4.69) is 29.1 Å². The highest BCUT2D eigenvalue weighted by Crippen LogP contribution is 2.24. The molecule has 0 aliphatic heterocycles. The minimum absolute atomic E-state index is 0.130. The zero-order valence-electron chi connectivity index (χ0n) is 10.5. The van der Waals surface area contributed by atoms with E-state index in [1.807, 2.05) is 24.3 Å². The molecule has 1 aromatic heterocycles. The molecule has 2 aromatic rings. The predicted octanol–water partition coefficient (Wildman–Crippen LogP) is 3.54. The third-order valence-electron chi connectivity index (χ3n) is 2.90. The first kappa shape index (κ1) is 13.0. The second kappa shape index (κ2) is 5.94. The first-order chi connectivity index (χ1) is 8.68. The lowest BCUT2D eigenvalue weighted by Gasteiger charge is -2.20. The molecule has 1 unspecified atom stereocenters. The lowest BCUT2D eigenvalue weighted by molar-refractivity contribution is 0.485. The Morgan fingerprint density at radius 2 is 1.89 bits per heavy atom. The van der Waals surface area contributed by atoms with Gasteiger partial charge in [-0.05, 0) is 25.5 Å². The number of nitrogens with zero attached hydrogens (tertiary/aromatic N) is 2. The molecule has 94 valence electrons. The molecule has 1 aromatic carbocycles. The van der Waals surface area contributed by atoms with Crippen molar-refractivity contribution in [2.45, 2.75) is 25.9 Å². The summed E-state index contributed by atoms with van der Waals surface area (Å²) in [6.45, 7) is 4.16. The number of nitrogens with one attached hydrogen (secondary N) is 1. The van der Waals surface area contributed by atoms with Crippen molar-refractivity contribution in [3.63, 3.8) is 0 Å². The zero-order chi connectivity index (χ0) is 13.0. The smallest absolute Gasteiger partial charge is 0.0753 e. The van der Waals surface area contributed by atoms with E-state index in [0.29, 0.717) is 0 Å². The average molecular weight is 262 g/mol. The van der Waals surface area contributed by atoms with Gasteiger partial charge in [0.05, 0.1) is 5.69 Å². The Hall–Kier alpha value is -1.45. The van der Waals surface area contributed by atoms with Crippen LogP contribution in [0.25, 0.3) is 0 Å². The summed E-state index contributed by atoms with van der Waals surface area (Å²) in [5.41, 5.74) is 2.02. The van der Waals surface area contributed by atoms with Gasteiger partial charge in [-0.15, -0.1) is 0 Å². The van der Waals surface area contributed by atoms with Gasteiger partial charge in [0.1, 0.15) is 0 Å². The Labute approximate surface area is 112 Å². The quantitative estimate of drug-likeness (QED) is 0.915. The van der Waals surface area contributed by atoms with Crippen LogP contribution in [0.3, 0.4) is 0 Å². The summed E-state index contributed by atoms with van der Waals surface area (Å²) in [6.07, 6.45) is 5.15. The van der Waals surface area contributed by atoms with Crippen LogP contribution < -0.4 is 5.32 Å². The molecule has 2 atom stereocenters. The van der Waals surface area contributed by atoms with Crippen molar-refractivity contribution >= 4 is 11.6 Å². The Morgan fingerprint density at radius 1 is 1.11 bits per heavy atom. The van der Waals surface area contributed by atoms with Crippen LogP contribution in [0, 0.1) is 0 Å². The molecule has 0 bridgehead atoms. The van der Waals surface area contributed by atoms with E-state index in [4.69, 9.17) is 11.6 Å². The maximum atomic E-state index is 6.18. The number of rotatable bonds is 4. The van der Waals surface area contributed by atoms with Crippen molar-refractivity contribution in [2.24, 2.45) is 0 Å². The second-order valence-corrected chi connectivity index (χ2v) is 4.67. The van der Waals surface area contributed by atoms with Crippen LogP contribution in [-0.4, -0.2) is 9.97 Å². The van der Waals surface area contributed by atoms with E-state index in [0.717, 1.165) is 16.3 Å². The average Bonchev–Trinajstić information content (AvgIpc) is 2.40. The van der Waals surface area contributed by atoms with Crippen LogP contribution in [0.2, 0.25) is 5.02 Å². The summed E-state index contributed by atoms with van der Waals surface area (Å²) >= 11 is 6.18. The van der Waals surface area contributed by atoms with E-state index < -0.39 is 0 Å². The monoisotopic (exact) mass is 261 g/mol. The summed E-state index contributed by atoms with van der Waals surface area (Å²) in [5.74, 6) is 0. The van der Waals surface area contributed by atoms with Gasteiger partial charge in [-0.1, -0.05) is 29.8 Å². The van der Waals surface area contributed by atoms with Crippen molar-refractivity contribution in [1.82, 2.24) is 15.3 Å². The van der Waals surface area contributed by atoms with Crippen molar-refractivity contribution < 1.29 is 0 Å². The van der Waals surface area contributed by atoms with Gasteiger partial charge < -0.3 is 5.32 Å². The van der Waals surface area contributed by atoms with Gasteiger partial charge in [-0.3, -0.25) is 9.97 Å². The summed E-state index contributed by atoms with van der Waals surface area (Å²) in [6, 6.07) is 8.16. The Kier molecular flexibility index (Phi) is 4.28. The highest BCUT2D eigenvalue weighted by atomic mass is 35.5. The van der Waals surface area contributed by atoms with E-state index in [9.17, 15) is 0 Å². The molecular weight excluding hydrogens is 246 g/mol. The van der Waals surface area contributed by atoms with Gasteiger partial charge in [-0.2, -0.15) is 0 Å². The van der Waals surface area contributed by atoms with Crippen molar-refractivity contribution in [2.75, 3.05) is 0 Å². The van der Waals surface area contributed by atoms with Crippen molar-refractivity contribution in [3.8, 4) is 0 Å². The second-order valence-electron chi connectivity index (χ2n) is 4.26. The lowest BCUT2D eigenvalue weighted by Crippen LogP contribution is -2.23. The van der Waals surface area contributed by atoms with Gasteiger partial charge in [-0.25, -0.2) is 0 Å². The fourth-order valence-corrected chi connectivity index (χ4v) is 2.21. The van der Waals surface area contributed by atoms with Gasteiger partial charge in [0, 0.05) is 35.7 Å². The number of hydrogen-bond acceptors (Lipinski definition) is 3. The molecular formula is C14H16ClN3. The maximum absolute atomic E-state index is 6.18. The third-order valence-corrected chi connectivity index (χ3v) is 3.24. The largest absolute Gasteiger partial charge is 0.302 e. The lowest BCUT2D eigenvalue weighted by atomic mass is 10.1. The third kappa shape index (κ3) is 3.06. The van der Waals surface area contributed by atoms with E-state index >= 15 is 0 Å². The number of aromatic nitrogens is 2. The SMILES string of the molecule is CC(N[C@@H](C)c1ccccc1Cl)c1cnccn1. The summed E-state index contributed by atoms with van der Waals surface area (Å²) < 4.78 is 0. The first-order valence-electron chi connectivity index (χ1n) is 5.95. The van der Waals surface area contributed by atoms with Gasteiger partial charge in [0.25, 0.3) is 0 Å². The fraction of sp³-hybridized carbons (Fsp3) is 0.286. The van der Waals surface area contributed by atoms with E-state index in [-0.39, 0.29) is 12.1 Å². The van der Waals surface area contributed by atoms with Crippen LogP contribution in [0.1, 0.15) is 37.2 Å². The molecule has 1 heterocycles. The Bertz CT molecular complexity index is 501. The van der Waals surface area contributed by atoms with Crippen LogP contribution in [0.4, 0.5) is 0 Å². The summed E-state index contributed by atoms with van der Waals surface area (Å²) in [4.78, 5) is 8.36. The molecule has 0 saturated carbocycles. The highest BCUT2D eigenvalue weighted by Gasteiger charge is 2.13. The fourth-order valence-electron chi connectivity index (χ4n) is 1.91. The summed E-state index contributed by atoms with van der Waals surface area (Å²) in [5, 5.41) is 4.25. The molecule has 4 heteroatoms. The van der Waals surface area contributed by atoms with Gasteiger partial charge in [0.15, 0.2) is 0 Å². The number of hydrogen-bond donors (Lipinski definition) is 1. The number of benzene rings is 1. The molecule has 18 heavy (non-hydrogen) atoms. The molecule has 3 nitrogen and oxygen atoms in total. The molecule has 0 aliphatic carbocycles. The normalized spacial score (nSPS) is 14.2. The summed E-state index contributed by atoms with van der Waals surface area (Å²) in [7, 11) is 0. The maximum Gasteiger partial charge on any atom is 0.0753 e. The highest BCUT2D eigenvalue weighted by molar-refractivity contribution is 6.31. The van der Waals surface area contributed by atoms with Crippen LogP contribution in [0.15, 0.2) is 42.9 Å². The Morgan fingerprint density at radius 3 is 2.56 bits per heavy atom. The molecule has 0 spiro atoms. The van der Waals surface area contributed by atoms with E-state index in [1.165, 1.54) is 0 Å². The van der Waals surface area contributed by atoms with Crippen LogP contribution in [-0.2, 0) is 0 Å². The Balaban J connectivity index is 2.08. The molecule has 2 rings (SSSR count). The molecule has 0 radical (unpaired) electrons. The van der Waals surface area contributed by atoms with Crippen molar-refractivity contribution in [3.05, 3.63) is 59.1 Å². The first-order valence-corrected chi connectivity index (χ1v) is 6.32. The molecule has 0 fully saturated rings. The van der Waals surface area contributed by atoms with E-state index in [1.54, 1.807) is 18.6 Å². The van der Waals surface area contributed by atoms with Gasteiger partial charge >= 0.3 is 0 Å². The number of halogens is 1. The van der Waals surface area contributed by atoms with Crippen LogP contribution in [0.5, 0.6) is 0 Å². The standard InChI is InChI=1S/C14H16ClN3/c1-10(12-5-3-4-6-13(12)15)18-11(2)14-9-16-7-8-17-14/h3-11,18H,1-2H3/t10-,11?/m0/s1. The van der Waals surface area contributed by atoms with Crippen LogP contribution >= 0.6 is 11.6 Å². The molecule has 0 aliphatic rings. The minimum Gasteiger partial charge on any atom is -0.302 e. The zero-order valence-corrected chi connectivity index (χ0v) is 11.2. The molecule has 0 amide bonds. The predicted molar refractivity (Wildman–Crippen MR) is 73.4 cm³/mol.